The van der Waals surface area contributed by atoms with Crippen LogP contribution < -0.4 is 9.47 Å². The molecule has 0 radical (unpaired) electrons. The molecule has 0 amide bonds. The zero-order valence-corrected chi connectivity index (χ0v) is 22.7. The van der Waals surface area contributed by atoms with E-state index >= 15 is 0 Å². The maximum Gasteiger partial charge on any atom is 0.303 e. The molecule has 4 rings (SSSR count). The summed E-state index contributed by atoms with van der Waals surface area (Å²) in [4.78, 5) is 37.0. The van der Waals surface area contributed by atoms with Gasteiger partial charge < -0.3 is 20.2 Å². The quantitative estimate of drug-likeness (QED) is 0.180. The molecule has 0 atom stereocenters. The molecule has 3 N–H and O–H groups in total. The second-order valence-electron chi connectivity index (χ2n) is 9.55. The molecule has 1 aliphatic rings. The lowest BCUT2D eigenvalue weighted by Gasteiger charge is -2.26. The lowest BCUT2D eigenvalue weighted by Crippen LogP contribution is -2.35. The summed E-state index contributed by atoms with van der Waals surface area (Å²) in [6.07, 6.45) is 4.75. The normalized spacial score (nSPS) is 14.2. The number of aromatic nitrogens is 1. The monoisotopic (exact) mass is 549 g/mol. The van der Waals surface area contributed by atoms with Crippen molar-refractivity contribution in [2.45, 2.75) is 52.0 Å². The first kappa shape index (κ1) is 28.0. The van der Waals surface area contributed by atoms with Gasteiger partial charge in [0.05, 0.1) is 11.1 Å². The van der Waals surface area contributed by atoms with Gasteiger partial charge in [-0.3, -0.25) is 14.4 Å². The predicted molar refractivity (Wildman–Crippen MR) is 152 cm³/mol. The third-order valence-corrected chi connectivity index (χ3v) is 7.87. The van der Waals surface area contributed by atoms with Crippen molar-refractivity contribution in [2.24, 2.45) is 0 Å². The molecule has 1 heterocycles. The first-order valence-electron chi connectivity index (χ1n) is 13.2. The van der Waals surface area contributed by atoms with Crippen LogP contribution in [0, 0.1) is 0 Å². The highest BCUT2D eigenvalue weighted by atomic mass is 32.1. The van der Waals surface area contributed by atoms with Crippen LogP contribution in [0.4, 0.5) is 5.69 Å². The molecule has 1 aromatic heterocycles. The van der Waals surface area contributed by atoms with E-state index in [0.29, 0.717) is 37.1 Å². The number of carbonyl (C=O) groups is 3. The van der Waals surface area contributed by atoms with E-state index in [1.165, 1.54) is 0 Å². The van der Waals surface area contributed by atoms with Crippen LogP contribution in [-0.2, 0) is 20.9 Å². The Bertz CT molecular complexity index is 1420. The summed E-state index contributed by atoms with van der Waals surface area (Å²) in [6.45, 7) is 3.92. The topological polar surface area (TPSA) is 119 Å². The molecule has 0 fully saturated rings. The van der Waals surface area contributed by atoms with Crippen molar-refractivity contribution in [2.75, 3.05) is 18.0 Å². The van der Waals surface area contributed by atoms with Gasteiger partial charge in [0.15, 0.2) is 6.54 Å². The summed E-state index contributed by atoms with van der Waals surface area (Å²) < 4.78 is 3.33. The van der Waals surface area contributed by atoms with Crippen LogP contribution in [0.25, 0.3) is 21.9 Å². The molecular weight excluding hydrogens is 516 g/mol. The van der Waals surface area contributed by atoms with Crippen LogP contribution in [0.1, 0.15) is 56.0 Å². The second-order valence-corrected chi connectivity index (χ2v) is 10.6. The zero-order chi connectivity index (χ0) is 27.9. The number of aliphatic hydroxyl groups excluding tert-OH is 1. The number of hydrogen-bond acceptors (Lipinski definition) is 6. The number of allylic oxidation sites excluding steroid dienone is 2. The highest BCUT2D eigenvalue weighted by molar-refractivity contribution is 7.18. The van der Waals surface area contributed by atoms with Gasteiger partial charge in [-0.25, -0.2) is 0 Å². The number of benzene rings is 2. The average molecular weight is 550 g/mol. The summed E-state index contributed by atoms with van der Waals surface area (Å²) in [5.74, 6) is -1.99. The highest BCUT2D eigenvalue weighted by Crippen LogP contribution is 2.38. The fourth-order valence-electron chi connectivity index (χ4n) is 4.71. The molecule has 39 heavy (non-hydrogen) atoms. The Balaban J connectivity index is 1.56. The van der Waals surface area contributed by atoms with Gasteiger partial charge in [0, 0.05) is 50.2 Å². The van der Waals surface area contributed by atoms with Crippen LogP contribution in [0.2, 0.25) is 0 Å². The fourth-order valence-corrected chi connectivity index (χ4v) is 5.84. The molecule has 3 aromatic rings. The minimum atomic E-state index is -0.878. The molecule has 0 unspecified atom stereocenters. The van der Waals surface area contributed by atoms with Gasteiger partial charge in [-0.1, -0.05) is 48.9 Å². The van der Waals surface area contributed by atoms with E-state index in [1.54, 1.807) is 29.5 Å². The van der Waals surface area contributed by atoms with E-state index in [9.17, 15) is 19.5 Å². The number of para-hydroxylation sites is 1. The van der Waals surface area contributed by atoms with Gasteiger partial charge in [0.1, 0.15) is 10.5 Å². The minimum Gasteiger partial charge on any atom is -0.506 e. The van der Waals surface area contributed by atoms with Gasteiger partial charge in [0.2, 0.25) is 11.3 Å². The number of nitrogens with zero attached hydrogens (tertiary/aromatic N) is 2. The first-order valence-corrected chi connectivity index (χ1v) is 14.0. The summed E-state index contributed by atoms with van der Waals surface area (Å²) in [5, 5.41) is 29.7. The third kappa shape index (κ3) is 6.54. The summed E-state index contributed by atoms with van der Waals surface area (Å²) in [7, 11) is 0. The summed E-state index contributed by atoms with van der Waals surface area (Å²) in [6, 6.07) is 15.3. The third-order valence-electron chi connectivity index (χ3n) is 6.76. The molecular formula is C30H33N2O6S+. The Hall–Kier alpha value is -3.98. The summed E-state index contributed by atoms with van der Waals surface area (Å²) in [5.41, 5.74) is 3.10. The van der Waals surface area contributed by atoms with Gasteiger partial charge in [-0.05, 0) is 36.6 Å². The van der Waals surface area contributed by atoms with Gasteiger partial charge in [0.25, 0.3) is 5.01 Å². The van der Waals surface area contributed by atoms with Crippen molar-refractivity contribution in [1.82, 2.24) is 0 Å². The number of carbonyl (C=O) groups excluding carboxylic acids is 1. The number of fused-ring (bicyclic) bond motifs is 1. The van der Waals surface area contributed by atoms with Gasteiger partial charge in [-0.15, -0.1) is 0 Å². The molecule has 0 spiro atoms. The van der Waals surface area contributed by atoms with Crippen molar-refractivity contribution >= 4 is 56.6 Å². The van der Waals surface area contributed by atoms with E-state index in [-0.39, 0.29) is 30.0 Å². The molecule has 0 aliphatic heterocycles. The highest BCUT2D eigenvalue weighted by Gasteiger charge is 2.36. The van der Waals surface area contributed by atoms with Crippen LogP contribution >= 0.6 is 11.3 Å². The maximum atomic E-state index is 13.1. The van der Waals surface area contributed by atoms with Crippen LogP contribution in [-0.4, -0.2) is 46.1 Å². The fraction of sp³-hybridized carbons (Fsp3) is 0.333. The molecule has 0 saturated carbocycles. The van der Waals surface area contributed by atoms with E-state index in [0.717, 1.165) is 40.3 Å². The molecule has 8 nitrogen and oxygen atoms in total. The van der Waals surface area contributed by atoms with Crippen molar-refractivity contribution in [3.63, 3.8) is 0 Å². The number of anilines is 1. The zero-order valence-electron chi connectivity index (χ0n) is 21.9. The molecule has 2 aromatic carbocycles. The lowest BCUT2D eigenvalue weighted by molar-refractivity contribution is -0.669. The molecule has 0 saturated heterocycles. The number of rotatable bonds is 14. The van der Waals surface area contributed by atoms with Crippen LogP contribution in [0.3, 0.4) is 0 Å². The van der Waals surface area contributed by atoms with Crippen LogP contribution in [0.5, 0.6) is 0 Å². The predicted octanol–water partition coefficient (Wildman–Crippen LogP) is 5.46. The smallest absolute Gasteiger partial charge is 0.303 e. The number of Topliss-reactive ketones (excluding diaryl/α,β-unsaturated/α-hetero) is 1. The number of ketones is 1. The lowest BCUT2D eigenvalue weighted by atomic mass is 9.83. The molecule has 0 bridgehead atoms. The Morgan fingerprint density at radius 1 is 0.949 bits per heavy atom. The van der Waals surface area contributed by atoms with E-state index in [2.05, 4.69) is 23.6 Å². The average Bonchev–Trinajstić information content (AvgIpc) is 3.27. The first-order chi connectivity index (χ1) is 18.8. The van der Waals surface area contributed by atoms with Crippen molar-refractivity contribution in [1.29, 1.82) is 0 Å². The van der Waals surface area contributed by atoms with Crippen molar-refractivity contribution in [3.8, 4) is 0 Å². The number of aliphatic hydroxyl groups is 1. The maximum absolute atomic E-state index is 13.1. The minimum absolute atomic E-state index is 0.0213. The number of aliphatic carboxylic acids is 2. The number of aryl methyl sites for hydroxylation is 1. The molecule has 9 heteroatoms. The van der Waals surface area contributed by atoms with E-state index in [4.69, 9.17) is 10.2 Å². The van der Waals surface area contributed by atoms with Crippen LogP contribution in [0.15, 0.2) is 59.9 Å². The Kier molecular flexibility index (Phi) is 9.14. The Morgan fingerprint density at radius 2 is 1.59 bits per heavy atom. The standard InChI is InChI=1S/C30H32N2O6S/c1-2-3-18-32-23-8-4-5-9-24(23)39-25(32)19-22-29(37)28(30(22)38)20-12-14-21(15-13-20)31(16-6-10-26(33)34)17-7-11-27(35)36/h4-5,8-9,12-15,19H,2-3,6-7,10-11,16-18H2,1H3,(H2-,33,34,35,36,37,38)/p+1. The largest absolute Gasteiger partial charge is 0.506 e. The number of hydrogen-bond donors (Lipinski definition) is 3. The van der Waals surface area contributed by atoms with Gasteiger partial charge >= 0.3 is 11.9 Å². The molecule has 204 valence electrons. The van der Waals surface area contributed by atoms with Crippen molar-refractivity contribution in [3.05, 3.63) is 70.4 Å². The number of unbranched alkanes of at least 4 members (excludes halogenated alkanes) is 1. The van der Waals surface area contributed by atoms with Gasteiger partial charge in [-0.2, -0.15) is 4.57 Å². The number of thiazole rings is 1. The second kappa shape index (κ2) is 12.7. The number of carboxylic acid groups (broad SMARTS) is 2. The van der Waals surface area contributed by atoms with E-state index in [1.807, 2.05) is 29.2 Å². The van der Waals surface area contributed by atoms with E-state index < -0.39 is 11.9 Å². The Labute approximate surface area is 231 Å². The SMILES string of the molecule is CCCC[n+]1c(C=C2C(=O)C(c3ccc(N(CCCC(=O)O)CCCC(=O)O)cc3)=C2O)sc2ccccc21. The number of carboxylic acids is 2. The summed E-state index contributed by atoms with van der Waals surface area (Å²) >= 11 is 1.60. The van der Waals surface area contributed by atoms with Crippen molar-refractivity contribution < 1.29 is 34.3 Å². The molecule has 1 aliphatic carbocycles. The Morgan fingerprint density at radius 3 is 2.18 bits per heavy atom.